The summed E-state index contributed by atoms with van der Waals surface area (Å²) in [5, 5.41) is 9.31. The first-order chi connectivity index (χ1) is 16.4. The van der Waals surface area contributed by atoms with Crippen LogP contribution in [0.3, 0.4) is 0 Å². The molecule has 0 saturated carbocycles. The Hall–Kier alpha value is -2.55. The van der Waals surface area contributed by atoms with E-state index in [1.165, 1.54) is 17.4 Å². The summed E-state index contributed by atoms with van der Waals surface area (Å²) in [6, 6.07) is 8.41. The molecule has 1 saturated heterocycles. The lowest BCUT2D eigenvalue weighted by molar-refractivity contribution is -0.151. The molecule has 0 aliphatic carbocycles. The number of thioether (sulfide) groups is 1. The van der Waals surface area contributed by atoms with Crippen LogP contribution in [0, 0.1) is 5.92 Å². The molecule has 1 aliphatic rings. The Labute approximate surface area is 207 Å². The van der Waals surface area contributed by atoms with Gasteiger partial charge in [-0.2, -0.15) is 0 Å². The highest BCUT2D eigenvalue weighted by Crippen LogP contribution is 2.29. The lowest BCUT2D eigenvalue weighted by atomic mass is 9.97. The number of benzene rings is 1. The van der Waals surface area contributed by atoms with Crippen LogP contribution in [0.15, 0.2) is 29.4 Å². The Balaban J connectivity index is 1.65. The highest BCUT2D eigenvalue weighted by Gasteiger charge is 2.31. The molecule has 9 heteroatoms. The van der Waals surface area contributed by atoms with Crippen LogP contribution in [0.5, 0.6) is 0 Å². The summed E-state index contributed by atoms with van der Waals surface area (Å²) in [5.41, 5.74) is 2.20. The SMILES string of the molecule is CCOC(=O)C1CCN(C(=O)C(C)Sc2nnc(-c3ccc(N(CC)CC)cc3)n2CC)CC1. The smallest absolute Gasteiger partial charge is 0.309 e. The van der Waals surface area contributed by atoms with Crippen molar-refractivity contribution in [3.8, 4) is 11.4 Å². The number of esters is 1. The Kier molecular flexibility index (Phi) is 9.38. The summed E-state index contributed by atoms with van der Waals surface area (Å²) in [6.07, 6.45) is 1.31. The summed E-state index contributed by atoms with van der Waals surface area (Å²) in [6.45, 7) is 14.3. The molecule has 2 heterocycles. The van der Waals surface area contributed by atoms with Crippen molar-refractivity contribution in [3.05, 3.63) is 24.3 Å². The van der Waals surface area contributed by atoms with Gasteiger partial charge in [-0.1, -0.05) is 11.8 Å². The Bertz CT molecular complexity index is 950. The second-order valence-electron chi connectivity index (χ2n) is 8.38. The van der Waals surface area contributed by atoms with Crippen LogP contribution >= 0.6 is 11.8 Å². The number of rotatable bonds is 10. The monoisotopic (exact) mass is 487 g/mol. The number of nitrogens with zero attached hydrogens (tertiary/aromatic N) is 5. The first kappa shape index (κ1) is 26.1. The van der Waals surface area contributed by atoms with Crippen molar-refractivity contribution in [2.75, 3.05) is 37.7 Å². The molecule has 1 aromatic heterocycles. The zero-order valence-corrected chi connectivity index (χ0v) is 21.8. The molecule has 0 radical (unpaired) electrons. The average Bonchev–Trinajstić information content (AvgIpc) is 3.27. The molecule has 0 bridgehead atoms. The van der Waals surface area contributed by atoms with Crippen molar-refractivity contribution in [2.45, 2.75) is 64.4 Å². The van der Waals surface area contributed by atoms with Gasteiger partial charge in [-0.05, 0) is 71.7 Å². The van der Waals surface area contributed by atoms with E-state index >= 15 is 0 Å². The van der Waals surface area contributed by atoms with Crippen molar-refractivity contribution < 1.29 is 14.3 Å². The van der Waals surface area contributed by atoms with Gasteiger partial charge in [0.2, 0.25) is 5.91 Å². The van der Waals surface area contributed by atoms with E-state index in [9.17, 15) is 9.59 Å². The molecular weight excluding hydrogens is 450 g/mol. The standard InChI is InChI=1S/C25H37N5O3S/c1-6-28(7-2)21-12-10-19(11-13-21)22-26-27-25(30(22)8-3)34-18(5)23(31)29-16-14-20(15-17-29)24(32)33-9-4/h10-13,18,20H,6-9,14-17H2,1-5H3. The fraction of sp³-hybridized carbons (Fsp3) is 0.600. The van der Waals surface area contributed by atoms with Crippen molar-refractivity contribution >= 4 is 29.3 Å². The predicted octanol–water partition coefficient (Wildman–Crippen LogP) is 4.09. The number of anilines is 1. The maximum Gasteiger partial charge on any atom is 0.309 e. The first-order valence-electron chi connectivity index (χ1n) is 12.3. The fourth-order valence-corrected chi connectivity index (χ4v) is 5.34. The van der Waals surface area contributed by atoms with Crippen LogP contribution in [0.1, 0.15) is 47.5 Å². The Morgan fingerprint density at radius 3 is 2.29 bits per heavy atom. The van der Waals surface area contributed by atoms with Gasteiger partial charge in [0.15, 0.2) is 11.0 Å². The minimum atomic E-state index is -0.286. The molecule has 1 unspecified atom stereocenters. The number of carbonyl (C=O) groups excluding carboxylic acids is 2. The quantitative estimate of drug-likeness (QED) is 0.369. The molecular formula is C25H37N5O3S. The van der Waals surface area contributed by atoms with Gasteiger partial charge in [0.05, 0.1) is 17.8 Å². The zero-order chi connectivity index (χ0) is 24.7. The van der Waals surface area contributed by atoms with Gasteiger partial charge in [0.25, 0.3) is 0 Å². The topological polar surface area (TPSA) is 80.6 Å². The van der Waals surface area contributed by atoms with Crippen LogP contribution in [-0.4, -0.2) is 69.6 Å². The fourth-order valence-electron chi connectivity index (χ4n) is 4.35. The molecule has 1 aromatic carbocycles. The molecule has 1 aliphatic heterocycles. The summed E-state index contributed by atoms with van der Waals surface area (Å²) in [5.74, 6) is 0.630. The lowest BCUT2D eigenvalue weighted by Gasteiger charge is -2.32. The second kappa shape index (κ2) is 12.2. The van der Waals surface area contributed by atoms with Gasteiger partial charge in [0.1, 0.15) is 0 Å². The van der Waals surface area contributed by atoms with Crippen molar-refractivity contribution in [3.63, 3.8) is 0 Å². The number of amides is 1. The van der Waals surface area contributed by atoms with E-state index in [-0.39, 0.29) is 23.0 Å². The summed E-state index contributed by atoms with van der Waals surface area (Å²) in [4.78, 5) is 29.2. The Morgan fingerprint density at radius 1 is 1.09 bits per heavy atom. The van der Waals surface area contributed by atoms with Gasteiger partial charge in [-0.3, -0.25) is 9.59 Å². The number of likely N-dealkylation sites (tertiary alicyclic amines) is 1. The van der Waals surface area contributed by atoms with Crippen LogP contribution in [0.25, 0.3) is 11.4 Å². The van der Waals surface area contributed by atoms with E-state index < -0.39 is 0 Å². The summed E-state index contributed by atoms with van der Waals surface area (Å²) < 4.78 is 7.19. The number of ether oxygens (including phenoxy) is 1. The minimum absolute atomic E-state index is 0.0723. The molecule has 34 heavy (non-hydrogen) atoms. The summed E-state index contributed by atoms with van der Waals surface area (Å²) >= 11 is 1.44. The molecule has 186 valence electrons. The van der Waals surface area contributed by atoms with E-state index in [0.717, 1.165) is 29.6 Å². The van der Waals surface area contributed by atoms with Crippen LogP contribution in [0.2, 0.25) is 0 Å². The van der Waals surface area contributed by atoms with Gasteiger partial charge >= 0.3 is 5.97 Å². The summed E-state index contributed by atoms with van der Waals surface area (Å²) in [7, 11) is 0. The predicted molar refractivity (Wildman–Crippen MR) is 136 cm³/mol. The van der Waals surface area contributed by atoms with Gasteiger partial charge in [0, 0.05) is 44.0 Å². The normalized spacial score (nSPS) is 15.3. The molecule has 2 aromatic rings. The maximum absolute atomic E-state index is 13.1. The van der Waals surface area contributed by atoms with E-state index in [1.54, 1.807) is 0 Å². The van der Waals surface area contributed by atoms with E-state index in [1.807, 2.05) is 18.7 Å². The van der Waals surface area contributed by atoms with E-state index in [4.69, 9.17) is 4.74 Å². The average molecular weight is 488 g/mol. The van der Waals surface area contributed by atoms with E-state index in [0.29, 0.717) is 39.1 Å². The van der Waals surface area contributed by atoms with Gasteiger partial charge in [-0.25, -0.2) is 0 Å². The maximum atomic E-state index is 13.1. The molecule has 1 fully saturated rings. The van der Waals surface area contributed by atoms with Crippen LogP contribution in [0.4, 0.5) is 5.69 Å². The molecule has 0 N–H and O–H groups in total. The first-order valence-corrected chi connectivity index (χ1v) is 13.2. The molecule has 8 nitrogen and oxygen atoms in total. The molecule has 1 amide bonds. The van der Waals surface area contributed by atoms with Crippen LogP contribution < -0.4 is 4.90 Å². The highest BCUT2D eigenvalue weighted by atomic mass is 32.2. The Morgan fingerprint density at radius 2 is 1.74 bits per heavy atom. The van der Waals surface area contributed by atoms with E-state index in [2.05, 4.69) is 64.7 Å². The highest BCUT2D eigenvalue weighted by molar-refractivity contribution is 8.00. The lowest BCUT2D eigenvalue weighted by Crippen LogP contribution is -2.43. The zero-order valence-electron chi connectivity index (χ0n) is 21.0. The van der Waals surface area contributed by atoms with Crippen molar-refractivity contribution in [1.82, 2.24) is 19.7 Å². The number of hydrogen-bond acceptors (Lipinski definition) is 7. The largest absolute Gasteiger partial charge is 0.466 e. The minimum Gasteiger partial charge on any atom is -0.466 e. The van der Waals surface area contributed by atoms with Crippen molar-refractivity contribution in [2.24, 2.45) is 5.92 Å². The van der Waals surface area contributed by atoms with Crippen LogP contribution in [-0.2, 0) is 20.9 Å². The third-order valence-electron chi connectivity index (χ3n) is 6.34. The van der Waals surface area contributed by atoms with Gasteiger partial charge < -0.3 is 19.1 Å². The number of piperidine rings is 1. The molecule has 0 spiro atoms. The number of hydrogen-bond donors (Lipinski definition) is 0. The molecule has 1 atom stereocenters. The number of carbonyl (C=O) groups is 2. The molecule has 3 rings (SSSR count). The van der Waals surface area contributed by atoms with Gasteiger partial charge in [-0.15, -0.1) is 10.2 Å². The third kappa shape index (κ3) is 5.92. The third-order valence-corrected chi connectivity index (χ3v) is 7.41. The van der Waals surface area contributed by atoms with Crippen molar-refractivity contribution in [1.29, 1.82) is 0 Å². The second-order valence-corrected chi connectivity index (χ2v) is 9.69. The number of aromatic nitrogens is 3.